The lowest BCUT2D eigenvalue weighted by molar-refractivity contribution is -0.129. The second-order valence-electron chi connectivity index (χ2n) is 8.36. The number of hydrogen-bond acceptors (Lipinski definition) is 4. The summed E-state index contributed by atoms with van der Waals surface area (Å²) in [7, 11) is 0. The van der Waals surface area contributed by atoms with Gasteiger partial charge in [0.25, 0.3) is 0 Å². The summed E-state index contributed by atoms with van der Waals surface area (Å²) in [5.41, 5.74) is 1.75. The van der Waals surface area contributed by atoms with E-state index in [9.17, 15) is 14.0 Å². The smallest absolute Gasteiger partial charge is 0.243 e. The van der Waals surface area contributed by atoms with E-state index in [0.29, 0.717) is 17.7 Å². The molecule has 8 heteroatoms. The molecule has 4 rings (SSSR count). The lowest BCUT2D eigenvalue weighted by Gasteiger charge is -2.34. The van der Waals surface area contributed by atoms with Crippen LogP contribution in [0.5, 0.6) is 0 Å². The zero-order valence-corrected chi connectivity index (χ0v) is 19.3. The van der Waals surface area contributed by atoms with Crippen molar-refractivity contribution in [3.63, 3.8) is 0 Å². The second-order valence-corrected chi connectivity index (χ2v) is 10.0. The molecule has 2 unspecified atom stereocenters. The summed E-state index contributed by atoms with van der Waals surface area (Å²) in [6, 6.07) is 14.0. The van der Waals surface area contributed by atoms with Crippen molar-refractivity contribution in [2.24, 2.45) is 0 Å². The zero-order chi connectivity index (χ0) is 22.5. The fourth-order valence-corrected chi connectivity index (χ4v) is 5.44. The first-order chi connectivity index (χ1) is 15.5. The molecule has 2 atom stereocenters. The standard InChI is InChI=1S/C24H27ClFN3O2S/c25-18-7-5-16(6-8-18)14-29-11-9-19(10-12-29)27-23(30)21-15-32-22(24(31)28-21)13-17-3-1-2-4-20(17)26/h1-8,19,21-22H,9-15H2,(H,27,30)(H,28,31). The molecule has 0 aliphatic carbocycles. The van der Waals surface area contributed by atoms with Gasteiger partial charge in [-0.15, -0.1) is 11.8 Å². The van der Waals surface area contributed by atoms with E-state index in [4.69, 9.17) is 11.6 Å². The molecule has 170 valence electrons. The van der Waals surface area contributed by atoms with Gasteiger partial charge in [0.15, 0.2) is 0 Å². The van der Waals surface area contributed by atoms with Gasteiger partial charge in [-0.25, -0.2) is 4.39 Å². The molecule has 2 amide bonds. The molecular formula is C24H27ClFN3O2S. The number of rotatable bonds is 6. The molecule has 2 aromatic rings. The SMILES string of the molecule is O=C(NC1CCN(Cc2ccc(Cl)cc2)CC1)C1CSC(Cc2ccccc2F)C(=O)N1. The first-order valence-corrected chi connectivity index (χ1v) is 12.3. The fraction of sp³-hybridized carbons (Fsp3) is 0.417. The number of thioether (sulfide) groups is 1. The number of carbonyl (C=O) groups is 2. The second kappa shape index (κ2) is 10.7. The number of nitrogens with one attached hydrogen (secondary N) is 2. The van der Waals surface area contributed by atoms with E-state index < -0.39 is 6.04 Å². The van der Waals surface area contributed by atoms with Gasteiger partial charge in [-0.2, -0.15) is 0 Å². The number of benzene rings is 2. The number of halogens is 2. The Labute approximate surface area is 197 Å². The molecule has 2 N–H and O–H groups in total. The molecule has 32 heavy (non-hydrogen) atoms. The normalized spacial score (nSPS) is 22.4. The van der Waals surface area contributed by atoms with Gasteiger partial charge in [0, 0.05) is 36.5 Å². The van der Waals surface area contributed by atoms with Crippen LogP contribution in [0.15, 0.2) is 48.5 Å². The van der Waals surface area contributed by atoms with Crippen LogP contribution in [-0.4, -0.2) is 52.9 Å². The maximum atomic E-state index is 13.9. The molecule has 0 saturated carbocycles. The van der Waals surface area contributed by atoms with Crippen LogP contribution in [0.25, 0.3) is 0 Å². The Morgan fingerprint density at radius 3 is 2.56 bits per heavy atom. The summed E-state index contributed by atoms with van der Waals surface area (Å²) in [5.74, 6) is -0.150. The minimum Gasteiger partial charge on any atom is -0.351 e. The molecular weight excluding hydrogens is 449 g/mol. The summed E-state index contributed by atoms with van der Waals surface area (Å²) in [6.07, 6.45) is 2.08. The van der Waals surface area contributed by atoms with Crippen molar-refractivity contribution in [2.75, 3.05) is 18.8 Å². The number of nitrogens with zero attached hydrogens (tertiary/aromatic N) is 1. The molecule has 0 radical (unpaired) electrons. The molecule has 0 spiro atoms. The third-order valence-corrected chi connectivity index (χ3v) is 7.57. The summed E-state index contributed by atoms with van der Waals surface area (Å²) in [6.45, 7) is 2.69. The van der Waals surface area contributed by atoms with Gasteiger partial charge in [0.1, 0.15) is 11.9 Å². The van der Waals surface area contributed by atoms with E-state index in [1.165, 1.54) is 23.4 Å². The highest BCUT2D eigenvalue weighted by molar-refractivity contribution is 8.00. The van der Waals surface area contributed by atoms with Gasteiger partial charge in [-0.3, -0.25) is 14.5 Å². The molecule has 0 bridgehead atoms. The van der Waals surface area contributed by atoms with Crippen molar-refractivity contribution in [2.45, 2.75) is 43.1 Å². The van der Waals surface area contributed by atoms with Gasteiger partial charge in [0.2, 0.25) is 11.8 Å². The third kappa shape index (κ3) is 6.03. The zero-order valence-electron chi connectivity index (χ0n) is 17.7. The van der Waals surface area contributed by atoms with E-state index in [0.717, 1.165) is 37.5 Å². The van der Waals surface area contributed by atoms with E-state index in [-0.39, 0.29) is 28.9 Å². The highest BCUT2D eigenvalue weighted by Gasteiger charge is 2.34. The molecule has 2 saturated heterocycles. The first-order valence-electron chi connectivity index (χ1n) is 10.9. The number of piperidine rings is 1. The fourth-order valence-electron chi connectivity index (χ4n) is 4.14. The maximum absolute atomic E-state index is 13.9. The largest absolute Gasteiger partial charge is 0.351 e. The van der Waals surface area contributed by atoms with Gasteiger partial charge < -0.3 is 10.6 Å². The highest BCUT2D eigenvalue weighted by Crippen LogP contribution is 2.24. The Kier molecular flexibility index (Phi) is 7.71. The minimum atomic E-state index is -0.545. The number of carbonyl (C=O) groups excluding carboxylic acids is 2. The lowest BCUT2D eigenvalue weighted by atomic mass is 10.0. The topological polar surface area (TPSA) is 61.4 Å². The van der Waals surface area contributed by atoms with Crippen molar-refractivity contribution in [3.8, 4) is 0 Å². The molecule has 2 fully saturated rings. The Morgan fingerprint density at radius 2 is 1.88 bits per heavy atom. The average Bonchev–Trinajstić information content (AvgIpc) is 2.79. The molecule has 5 nitrogen and oxygen atoms in total. The summed E-state index contributed by atoms with van der Waals surface area (Å²) in [4.78, 5) is 27.6. The predicted octanol–water partition coefficient (Wildman–Crippen LogP) is 3.40. The number of likely N-dealkylation sites (tertiary alicyclic amines) is 1. The highest BCUT2D eigenvalue weighted by atomic mass is 35.5. The van der Waals surface area contributed by atoms with Crippen molar-refractivity contribution in [1.29, 1.82) is 0 Å². The Bertz CT molecular complexity index is 951. The van der Waals surface area contributed by atoms with Crippen molar-refractivity contribution in [3.05, 3.63) is 70.5 Å². The van der Waals surface area contributed by atoms with Crippen molar-refractivity contribution >= 4 is 35.2 Å². The Hall–Kier alpha value is -2.09. The van der Waals surface area contributed by atoms with Gasteiger partial charge in [-0.1, -0.05) is 41.9 Å². The van der Waals surface area contributed by atoms with Crippen molar-refractivity contribution in [1.82, 2.24) is 15.5 Å². The Balaban J connectivity index is 1.21. The predicted molar refractivity (Wildman–Crippen MR) is 126 cm³/mol. The summed E-state index contributed by atoms with van der Waals surface area (Å²) in [5, 5.41) is 6.28. The van der Waals surface area contributed by atoms with Crippen LogP contribution in [0.4, 0.5) is 4.39 Å². The monoisotopic (exact) mass is 475 g/mol. The van der Waals surface area contributed by atoms with E-state index in [1.807, 2.05) is 24.3 Å². The summed E-state index contributed by atoms with van der Waals surface area (Å²) >= 11 is 7.37. The molecule has 2 aromatic carbocycles. The maximum Gasteiger partial charge on any atom is 0.243 e. The van der Waals surface area contributed by atoms with Crippen LogP contribution in [0, 0.1) is 5.82 Å². The van der Waals surface area contributed by atoms with Crippen LogP contribution in [0.3, 0.4) is 0 Å². The Morgan fingerprint density at radius 1 is 1.16 bits per heavy atom. The van der Waals surface area contributed by atoms with Crippen molar-refractivity contribution < 1.29 is 14.0 Å². The lowest BCUT2D eigenvalue weighted by Crippen LogP contribution is -2.57. The molecule has 0 aromatic heterocycles. The van der Waals surface area contributed by atoms with Gasteiger partial charge in [-0.05, 0) is 48.6 Å². The average molecular weight is 476 g/mol. The quantitative estimate of drug-likeness (QED) is 0.672. The third-order valence-electron chi connectivity index (χ3n) is 6.01. The van der Waals surface area contributed by atoms with Crippen LogP contribution < -0.4 is 10.6 Å². The van der Waals surface area contributed by atoms with Crippen LogP contribution in [0.2, 0.25) is 5.02 Å². The van der Waals surface area contributed by atoms with Crippen LogP contribution in [-0.2, 0) is 22.6 Å². The minimum absolute atomic E-state index is 0.113. The summed E-state index contributed by atoms with van der Waals surface area (Å²) < 4.78 is 13.9. The molecule has 2 aliphatic rings. The van der Waals surface area contributed by atoms with E-state index in [1.54, 1.807) is 18.2 Å². The van der Waals surface area contributed by atoms with E-state index >= 15 is 0 Å². The number of hydrogen-bond donors (Lipinski definition) is 2. The van der Waals surface area contributed by atoms with E-state index in [2.05, 4.69) is 15.5 Å². The molecule has 2 aliphatic heterocycles. The van der Waals surface area contributed by atoms with Crippen LogP contribution in [0.1, 0.15) is 24.0 Å². The van der Waals surface area contributed by atoms with Gasteiger partial charge in [0.05, 0.1) is 5.25 Å². The number of amides is 2. The van der Waals surface area contributed by atoms with Gasteiger partial charge >= 0.3 is 0 Å². The molecule has 2 heterocycles. The van der Waals surface area contributed by atoms with Crippen LogP contribution >= 0.6 is 23.4 Å². The first kappa shape index (κ1) is 23.1.